The Labute approximate surface area is 124 Å². The van der Waals surface area contributed by atoms with E-state index in [-0.39, 0.29) is 0 Å². The Morgan fingerprint density at radius 1 is 1.35 bits per heavy atom. The standard InChI is InChI=1S/C5H9O2.C5H5.3CO.CH3.Mn/c1-2-6-3-5-4-7-5;1-2-4-5-3-1;3*1-2;;/h2,5H,3-4H2,1H3;1-3H,4H2;;;;1H3;. The number of allylic oxidation sites excluding steroid dienone is 4. The van der Waals surface area contributed by atoms with Crippen molar-refractivity contribution in [2.24, 2.45) is 0 Å². The van der Waals surface area contributed by atoms with Gasteiger partial charge in [0, 0.05) is 0 Å². The number of hydrogen-bond donors (Lipinski definition) is 0. The zero-order valence-corrected chi connectivity index (χ0v) is 12.6. The number of carbonyl (C=O) groups excluding carboxylic acids is 3. The predicted octanol–water partition coefficient (Wildman–Crippen LogP) is 1.07. The second kappa shape index (κ2) is 14.3. The number of hydrogen-bond acceptors (Lipinski definition) is 5. The summed E-state index contributed by atoms with van der Waals surface area (Å²) in [6.07, 6.45) is 8.16. The summed E-state index contributed by atoms with van der Waals surface area (Å²) < 4.78 is 12.5. The van der Waals surface area contributed by atoms with Crippen LogP contribution in [-0.4, -0.2) is 44.7 Å². The smallest absolute Gasteiger partial charge is 0.281 e. The van der Waals surface area contributed by atoms with E-state index in [4.69, 9.17) is 23.9 Å². The first kappa shape index (κ1) is 21.2. The molecule has 1 aliphatic heterocycles. The molecule has 1 heterocycles. The maximum absolute atomic E-state index is 7.50. The van der Waals surface area contributed by atoms with Gasteiger partial charge in [-0.2, -0.15) is 0 Å². The van der Waals surface area contributed by atoms with Crippen molar-refractivity contribution in [1.29, 1.82) is 0 Å². The van der Waals surface area contributed by atoms with Crippen LogP contribution in [0.5, 0.6) is 0 Å². The molecule has 110 valence electrons. The Morgan fingerprint density at radius 3 is 2.30 bits per heavy atom. The normalized spacial score (nSPS) is 19.8. The molecule has 0 amide bonds. The van der Waals surface area contributed by atoms with E-state index < -0.39 is 13.9 Å². The third-order valence-electron chi connectivity index (χ3n) is 2.48. The van der Waals surface area contributed by atoms with E-state index >= 15 is 0 Å². The summed E-state index contributed by atoms with van der Waals surface area (Å²) in [5, 5.41) is 0.401. The van der Waals surface area contributed by atoms with Gasteiger partial charge in [-0.15, -0.1) is 0 Å². The van der Waals surface area contributed by atoms with Crippen LogP contribution in [-0.2, 0) is 37.8 Å². The minimum atomic E-state index is -0.515. The van der Waals surface area contributed by atoms with Crippen LogP contribution in [0.1, 0.15) is 13.3 Å². The number of rotatable bonds is 5. The van der Waals surface area contributed by atoms with Crippen LogP contribution in [0.25, 0.3) is 0 Å². The molecule has 2 aliphatic rings. The number of ether oxygens (including phenoxy) is 2. The molecule has 2 unspecified atom stereocenters. The second-order valence-corrected chi connectivity index (χ2v) is 6.92. The number of epoxide rings is 1. The fourth-order valence-electron chi connectivity index (χ4n) is 1.34. The van der Waals surface area contributed by atoms with E-state index in [2.05, 4.69) is 51.3 Å². The van der Waals surface area contributed by atoms with Crippen LogP contribution in [0.2, 0.25) is 5.82 Å². The molecule has 0 aromatic heterocycles. The molecule has 0 N–H and O–H groups in total. The quantitative estimate of drug-likeness (QED) is 0.559. The molecular formula is C14H17MnO5. The molecule has 6 heteroatoms. The third-order valence-corrected chi connectivity index (χ3v) is 5.75. The molecule has 0 spiro atoms. The predicted molar refractivity (Wildman–Crippen MR) is 69.9 cm³/mol. The van der Waals surface area contributed by atoms with Crippen LogP contribution in [0.3, 0.4) is 0 Å². The zero-order valence-electron chi connectivity index (χ0n) is 11.4. The largest absolute Gasteiger partial charge is 0.281 e. The summed E-state index contributed by atoms with van der Waals surface area (Å²) in [7, 11) is 0. The first-order chi connectivity index (χ1) is 9.77. The van der Waals surface area contributed by atoms with Crippen molar-refractivity contribution in [3.8, 4) is 0 Å². The monoisotopic (exact) mass is 320 g/mol. The van der Waals surface area contributed by atoms with Crippen LogP contribution < -0.4 is 0 Å². The van der Waals surface area contributed by atoms with E-state index in [0.29, 0.717) is 11.1 Å². The van der Waals surface area contributed by atoms with Crippen molar-refractivity contribution in [2.45, 2.75) is 30.3 Å². The first-order valence-electron chi connectivity index (χ1n) is 5.56. The first-order valence-corrected chi connectivity index (χ1v) is 8.01. The molecule has 2 rings (SSSR count). The molecule has 0 saturated carbocycles. The summed E-state index contributed by atoms with van der Waals surface area (Å²) in [5.74, 6) is 2.34. The molecule has 0 aromatic rings. The summed E-state index contributed by atoms with van der Waals surface area (Å²) in [5.41, 5.74) is 0. The SMILES string of the molecule is C[CH](OCC1CO1)[Mn]([CH3])[C]1=CC=CC1.[C]=O.[C]=O.[C]=O. The fraction of sp³-hybridized carbons (Fsp3) is 0.500. The van der Waals surface area contributed by atoms with Gasteiger partial charge in [0.2, 0.25) is 0 Å². The summed E-state index contributed by atoms with van der Waals surface area (Å²) in [6, 6.07) is 0. The van der Waals surface area contributed by atoms with Crippen molar-refractivity contribution in [3.63, 3.8) is 0 Å². The molecule has 0 bridgehead atoms. The summed E-state index contributed by atoms with van der Waals surface area (Å²) >= 11 is -0.515. The molecule has 0 aromatic carbocycles. The van der Waals surface area contributed by atoms with Crippen LogP contribution in [0, 0.1) is 0 Å². The van der Waals surface area contributed by atoms with Crippen molar-refractivity contribution >= 4 is 20.4 Å². The topological polar surface area (TPSA) is 73.0 Å². The van der Waals surface area contributed by atoms with Gasteiger partial charge < -0.3 is 0 Å². The van der Waals surface area contributed by atoms with Gasteiger partial charge in [0.25, 0.3) is 20.4 Å². The molecule has 6 radical (unpaired) electrons. The van der Waals surface area contributed by atoms with Gasteiger partial charge in [-0.05, 0) is 0 Å². The maximum atomic E-state index is 7.50. The summed E-state index contributed by atoms with van der Waals surface area (Å²) in [4.78, 5) is 22.5. The molecule has 5 nitrogen and oxygen atoms in total. The van der Waals surface area contributed by atoms with E-state index in [1.165, 1.54) is 0 Å². The molecule has 2 atom stereocenters. The van der Waals surface area contributed by atoms with Crippen molar-refractivity contribution in [3.05, 3.63) is 22.7 Å². The Hall–Kier alpha value is -1.07. The average Bonchev–Trinajstić information content (AvgIpc) is 3.21. The van der Waals surface area contributed by atoms with Crippen LogP contribution >= 0.6 is 0 Å². The van der Waals surface area contributed by atoms with Crippen molar-refractivity contribution < 1.29 is 37.8 Å². The Morgan fingerprint density at radius 2 is 1.90 bits per heavy atom. The van der Waals surface area contributed by atoms with Crippen molar-refractivity contribution in [2.75, 3.05) is 13.2 Å². The van der Waals surface area contributed by atoms with E-state index in [0.717, 1.165) is 19.6 Å². The van der Waals surface area contributed by atoms with Gasteiger partial charge >= 0.3 is 89.6 Å². The van der Waals surface area contributed by atoms with E-state index in [9.17, 15) is 0 Å². The molecule has 1 aliphatic carbocycles. The van der Waals surface area contributed by atoms with Gasteiger partial charge in [-0.25, -0.2) is 0 Å². The fourth-order valence-corrected chi connectivity index (χ4v) is 3.31. The van der Waals surface area contributed by atoms with Crippen molar-refractivity contribution in [1.82, 2.24) is 0 Å². The molecular weight excluding hydrogens is 303 g/mol. The van der Waals surface area contributed by atoms with Gasteiger partial charge in [0.05, 0.1) is 0 Å². The molecule has 1 fully saturated rings. The molecule has 20 heavy (non-hydrogen) atoms. The Kier molecular flexibility index (Phi) is 15.2. The Balaban J connectivity index is 0. The minimum Gasteiger partial charge on any atom is -0.281 e. The maximum Gasteiger partial charge on any atom is 0.281 e. The summed E-state index contributed by atoms with van der Waals surface area (Å²) in [6.45, 7) is 17.4. The van der Waals surface area contributed by atoms with Crippen LogP contribution in [0.15, 0.2) is 22.7 Å². The third kappa shape index (κ3) is 8.93. The van der Waals surface area contributed by atoms with Gasteiger partial charge in [0.1, 0.15) is 0 Å². The molecule has 1 saturated heterocycles. The van der Waals surface area contributed by atoms with Gasteiger partial charge in [-0.3, -0.25) is 14.4 Å². The van der Waals surface area contributed by atoms with Crippen LogP contribution in [0.4, 0.5) is 0 Å². The zero-order chi connectivity index (χ0) is 16.0. The van der Waals surface area contributed by atoms with E-state index in [1.807, 2.05) is 0 Å². The minimum absolute atomic E-state index is 0.392. The Bertz CT molecular complexity index is 297. The second-order valence-electron chi connectivity index (χ2n) is 3.59. The van der Waals surface area contributed by atoms with E-state index in [1.54, 1.807) is 4.47 Å². The van der Waals surface area contributed by atoms with Gasteiger partial charge in [0.15, 0.2) is 0 Å². The van der Waals surface area contributed by atoms with Gasteiger partial charge in [-0.1, -0.05) is 0 Å². The average molecular weight is 320 g/mol.